The highest BCUT2D eigenvalue weighted by Gasteiger charge is 2.21. The molecule has 0 aliphatic heterocycles. The standard InChI is InChI=1S/C16H22F2O2/c1-10(19)9-12-13(17)6-5-11(15(12)18)14(20)7-8-16(2,3)4/h5-6,14,20H,7-9H2,1-4H3/t14-/m0/s1. The first-order valence-corrected chi connectivity index (χ1v) is 6.76. The van der Waals surface area contributed by atoms with Crippen LogP contribution in [0.15, 0.2) is 12.1 Å². The largest absolute Gasteiger partial charge is 0.388 e. The van der Waals surface area contributed by atoms with E-state index in [1.165, 1.54) is 13.0 Å². The van der Waals surface area contributed by atoms with Gasteiger partial charge in [0.2, 0.25) is 0 Å². The zero-order valence-corrected chi connectivity index (χ0v) is 12.5. The lowest BCUT2D eigenvalue weighted by atomic mass is 9.87. The second-order valence-corrected chi connectivity index (χ2v) is 6.42. The summed E-state index contributed by atoms with van der Waals surface area (Å²) < 4.78 is 27.8. The molecule has 0 radical (unpaired) electrons. The van der Waals surface area contributed by atoms with Crippen molar-refractivity contribution in [2.24, 2.45) is 5.41 Å². The minimum atomic E-state index is -0.986. The quantitative estimate of drug-likeness (QED) is 0.888. The molecule has 1 atom stereocenters. The van der Waals surface area contributed by atoms with E-state index in [1.54, 1.807) is 0 Å². The van der Waals surface area contributed by atoms with E-state index in [4.69, 9.17) is 0 Å². The zero-order valence-electron chi connectivity index (χ0n) is 12.5. The van der Waals surface area contributed by atoms with Crippen molar-refractivity contribution in [1.82, 2.24) is 0 Å². The van der Waals surface area contributed by atoms with Gasteiger partial charge in [-0.05, 0) is 31.2 Å². The molecule has 20 heavy (non-hydrogen) atoms. The monoisotopic (exact) mass is 284 g/mol. The minimum Gasteiger partial charge on any atom is -0.388 e. The Balaban J connectivity index is 2.98. The van der Waals surface area contributed by atoms with Gasteiger partial charge in [-0.3, -0.25) is 4.79 Å². The van der Waals surface area contributed by atoms with Gasteiger partial charge in [0.25, 0.3) is 0 Å². The van der Waals surface area contributed by atoms with Crippen molar-refractivity contribution in [3.05, 3.63) is 34.9 Å². The fourth-order valence-electron chi connectivity index (χ4n) is 2.01. The number of aliphatic hydroxyl groups excluding tert-OH is 1. The van der Waals surface area contributed by atoms with Crippen LogP contribution in [0.5, 0.6) is 0 Å². The van der Waals surface area contributed by atoms with Crippen molar-refractivity contribution < 1.29 is 18.7 Å². The van der Waals surface area contributed by atoms with Gasteiger partial charge in [0.1, 0.15) is 17.4 Å². The summed E-state index contributed by atoms with van der Waals surface area (Å²) in [6, 6.07) is 2.36. The maximum absolute atomic E-state index is 14.2. The molecule has 0 amide bonds. The lowest BCUT2D eigenvalue weighted by molar-refractivity contribution is -0.116. The Morgan fingerprint density at radius 2 is 1.90 bits per heavy atom. The molecule has 4 heteroatoms. The third-order valence-corrected chi connectivity index (χ3v) is 3.17. The van der Waals surface area contributed by atoms with Crippen LogP contribution in [-0.2, 0) is 11.2 Å². The summed E-state index contributed by atoms with van der Waals surface area (Å²) in [5.74, 6) is -1.87. The normalized spacial score (nSPS) is 13.3. The Bertz CT molecular complexity index is 490. The first-order valence-electron chi connectivity index (χ1n) is 6.76. The average molecular weight is 284 g/mol. The van der Waals surface area contributed by atoms with E-state index >= 15 is 0 Å². The van der Waals surface area contributed by atoms with E-state index in [0.717, 1.165) is 6.07 Å². The molecule has 0 aliphatic carbocycles. The Labute approximate surface area is 118 Å². The highest BCUT2D eigenvalue weighted by atomic mass is 19.1. The van der Waals surface area contributed by atoms with E-state index in [1.807, 2.05) is 20.8 Å². The second-order valence-electron chi connectivity index (χ2n) is 6.42. The highest BCUT2D eigenvalue weighted by molar-refractivity contribution is 5.78. The Morgan fingerprint density at radius 3 is 2.40 bits per heavy atom. The van der Waals surface area contributed by atoms with E-state index < -0.39 is 17.7 Å². The first kappa shape index (κ1) is 16.8. The van der Waals surface area contributed by atoms with Crippen molar-refractivity contribution in [2.75, 3.05) is 0 Å². The molecule has 1 N–H and O–H groups in total. The number of ketones is 1. The molecule has 0 unspecified atom stereocenters. The summed E-state index contributed by atoms with van der Waals surface area (Å²) in [7, 11) is 0. The molecule has 0 saturated carbocycles. The molecule has 0 aliphatic rings. The van der Waals surface area contributed by atoms with Crippen LogP contribution in [0.3, 0.4) is 0 Å². The van der Waals surface area contributed by atoms with Gasteiger partial charge in [-0.1, -0.05) is 26.8 Å². The van der Waals surface area contributed by atoms with Gasteiger partial charge in [0.15, 0.2) is 0 Å². The van der Waals surface area contributed by atoms with Crippen molar-refractivity contribution in [3.8, 4) is 0 Å². The number of hydrogen-bond donors (Lipinski definition) is 1. The average Bonchev–Trinajstić information content (AvgIpc) is 2.30. The van der Waals surface area contributed by atoms with Gasteiger partial charge in [-0.15, -0.1) is 0 Å². The van der Waals surface area contributed by atoms with Crippen LogP contribution < -0.4 is 0 Å². The van der Waals surface area contributed by atoms with Crippen LogP contribution in [0, 0.1) is 17.0 Å². The molecule has 0 bridgehead atoms. The SMILES string of the molecule is CC(=O)Cc1c(F)ccc([C@@H](O)CCC(C)(C)C)c1F. The number of carbonyl (C=O) groups excluding carboxylic acids is 1. The predicted octanol–water partition coefficient (Wildman–Crippen LogP) is 3.96. The number of hydrogen-bond acceptors (Lipinski definition) is 2. The Hall–Kier alpha value is -1.29. The summed E-state index contributed by atoms with van der Waals surface area (Å²) >= 11 is 0. The first-order chi connectivity index (χ1) is 9.11. The number of benzene rings is 1. The van der Waals surface area contributed by atoms with Crippen molar-refractivity contribution >= 4 is 5.78 Å². The molecule has 112 valence electrons. The van der Waals surface area contributed by atoms with Crippen LogP contribution in [0.4, 0.5) is 8.78 Å². The topological polar surface area (TPSA) is 37.3 Å². The zero-order chi connectivity index (χ0) is 15.5. The number of aliphatic hydroxyl groups is 1. The summed E-state index contributed by atoms with van der Waals surface area (Å²) in [6.07, 6.45) is -0.170. The van der Waals surface area contributed by atoms with Crippen LogP contribution in [0.25, 0.3) is 0 Å². The predicted molar refractivity (Wildman–Crippen MR) is 74.4 cm³/mol. The molecule has 2 nitrogen and oxygen atoms in total. The lowest BCUT2D eigenvalue weighted by Gasteiger charge is -2.21. The molecule has 1 aromatic carbocycles. The molecule has 0 aromatic heterocycles. The number of carbonyl (C=O) groups is 1. The van der Waals surface area contributed by atoms with E-state index in [-0.39, 0.29) is 28.7 Å². The van der Waals surface area contributed by atoms with Gasteiger partial charge in [-0.25, -0.2) is 8.78 Å². The van der Waals surface area contributed by atoms with Gasteiger partial charge < -0.3 is 5.11 Å². The van der Waals surface area contributed by atoms with Crippen molar-refractivity contribution in [2.45, 2.75) is 53.1 Å². The smallest absolute Gasteiger partial charge is 0.135 e. The maximum atomic E-state index is 14.2. The molecular weight excluding hydrogens is 262 g/mol. The van der Waals surface area contributed by atoms with E-state index in [2.05, 4.69) is 0 Å². The third-order valence-electron chi connectivity index (χ3n) is 3.17. The Kier molecular flexibility index (Phi) is 5.40. The fourth-order valence-corrected chi connectivity index (χ4v) is 2.01. The van der Waals surface area contributed by atoms with Crippen LogP contribution >= 0.6 is 0 Å². The third kappa shape index (κ3) is 4.67. The Morgan fingerprint density at radius 1 is 1.30 bits per heavy atom. The summed E-state index contributed by atoms with van der Waals surface area (Å²) in [6.45, 7) is 7.37. The van der Waals surface area contributed by atoms with E-state index in [9.17, 15) is 18.7 Å². The maximum Gasteiger partial charge on any atom is 0.135 e. The van der Waals surface area contributed by atoms with Crippen LogP contribution in [0.1, 0.15) is 57.8 Å². The lowest BCUT2D eigenvalue weighted by Crippen LogP contribution is -2.11. The van der Waals surface area contributed by atoms with Crippen LogP contribution in [0.2, 0.25) is 0 Å². The van der Waals surface area contributed by atoms with Crippen molar-refractivity contribution in [1.29, 1.82) is 0 Å². The summed E-state index contributed by atoms with van der Waals surface area (Å²) in [5.41, 5.74) is -0.170. The number of rotatable bonds is 5. The van der Waals surface area contributed by atoms with Gasteiger partial charge in [-0.2, -0.15) is 0 Å². The second kappa shape index (κ2) is 6.44. The molecule has 0 spiro atoms. The van der Waals surface area contributed by atoms with Crippen LogP contribution in [-0.4, -0.2) is 10.9 Å². The van der Waals surface area contributed by atoms with Gasteiger partial charge in [0, 0.05) is 17.5 Å². The summed E-state index contributed by atoms with van der Waals surface area (Å²) in [4.78, 5) is 11.1. The molecular formula is C16H22F2O2. The van der Waals surface area contributed by atoms with Gasteiger partial charge >= 0.3 is 0 Å². The van der Waals surface area contributed by atoms with Crippen molar-refractivity contribution in [3.63, 3.8) is 0 Å². The van der Waals surface area contributed by atoms with E-state index in [0.29, 0.717) is 12.8 Å². The molecule has 1 rings (SSSR count). The molecule has 0 heterocycles. The molecule has 0 saturated heterocycles. The number of Topliss-reactive ketones (excluding diaryl/α,β-unsaturated/α-hetero) is 1. The molecule has 0 fully saturated rings. The number of halogens is 2. The summed E-state index contributed by atoms with van der Waals surface area (Å²) in [5, 5.41) is 10.1. The minimum absolute atomic E-state index is 0.0275. The fraction of sp³-hybridized carbons (Fsp3) is 0.562. The van der Waals surface area contributed by atoms with Gasteiger partial charge in [0.05, 0.1) is 6.10 Å². The highest BCUT2D eigenvalue weighted by Crippen LogP contribution is 2.30. The molecule has 1 aromatic rings.